The molecule has 0 atom stereocenters. The minimum Gasteiger partial charge on any atom is -0.355 e. The number of hydrogen-bond acceptors (Lipinski definition) is 6. The number of amides is 1. The van der Waals surface area contributed by atoms with E-state index in [-0.39, 0.29) is 5.91 Å². The lowest BCUT2D eigenvalue weighted by atomic mass is 10.1. The summed E-state index contributed by atoms with van der Waals surface area (Å²) in [6.45, 7) is 10.7. The maximum Gasteiger partial charge on any atom is 0.230 e. The van der Waals surface area contributed by atoms with Crippen LogP contribution in [-0.2, 0) is 11.3 Å². The monoisotopic (exact) mass is 314 g/mol. The first-order chi connectivity index (χ1) is 9.99. The van der Waals surface area contributed by atoms with Gasteiger partial charge in [0.2, 0.25) is 11.1 Å². The number of aromatic nitrogens is 4. The normalized spacial score (nSPS) is 11.3. The number of hydrogen-bond donors (Lipinski definition) is 2. The lowest BCUT2D eigenvalue weighted by Gasteiger charge is -2.09. The van der Waals surface area contributed by atoms with E-state index in [1.807, 2.05) is 0 Å². The van der Waals surface area contributed by atoms with Gasteiger partial charge in [-0.2, -0.15) is 0 Å². The van der Waals surface area contributed by atoms with Crippen molar-refractivity contribution < 1.29 is 4.79 Å². The lowest BCUT2D eigenvalue weighted by molar-refractivity contribution is -0.118. The number of nitrogens with zero attached hydrogens (tertiary/aromatic N) is 4. The Labute approximate surface area is 130 Å². The maximum atomic E-state index is 11.7. The molecule has 0 bridgehead atoms. The van der Waals surface area contributed by atoms with Gasteiger partial charge in [-0.3, -0.25) is 4.79 Å². The first-order valence-corrected chi connectivity index (χ1v) is 8.36. The third kappa shape index (κ3) is 8.01. The Balaban J connectivity index is 2.28. The predicted octanol–water partition coefficient (Wildman–Crippen LogP) is 0.926. The number of carbonyl (C=O) groups is 1. The molecule has 0 aromatic carbocycles. The van der Waals surface area contributed by atoms with Crippen LogP contribution >= 0.6 is 11.8 Å². The van der Waals surface area contributed by atoms with Crippen LogP contribution in [0.2, 0.25) is 0 Å². The summed E-state index contributed by atoms with van der Waals surface area (Å²) in [7, 11) is 0. The van der Waals surface area contributed by atoms with E-state index in [9.17, 15) is 4.79 Å². The van der Waals surface area contributed by atoms with E-state index in [0.29, 0.717) is 29.4 Å². The van der Waals surface area contributed by atoms with E-state index in [2.05, 4.69) is 53.9 Å². The van der Waals surface area contributed by atoms with Gasteiger partial charge in [0, 0.05) is 19.1 Å². The number of nitrogens with one attached hydrogen (secondary N) is 2. The molecule has 0 aliphatic rings. The quantitative estimate of drug-likeness (QED) is 0.625. The Kier molecular flexibility index (Phi) is 8.29. The molecule has 0 aliphatic carbocycles. The molecule has 21 heavy (non-hydrogen) atoms. The van der Waals surface area contributed by atoms with E-state index in [4.69, 9.17) is 0 Å². The zero-order chi connectivity index (χ0) is 15.7. The van der Waals surface area contributed by atoms with Gasteiger partial charge in [0.1, 0.15) is 0 Å². The summed E-state index contributed by atoms with van der Waals surface area (Å²) in [5, 5.41) is 18.5. The minimum absolute atomic E-state index is 0.0236. The van der Waals surface area contributed by atoms with Crippen LogP contribution in [0.1, 0.15) is 34.1 Å². The lowest BCUT2D eigenvalue weighted by Crippen LogP contribution is -2.28. The number of carbonyl (C=O) groups excluding carboxylic acids is 1. The molecule has 0 radical (unpaired) electrons. The van der Waals surface area contributed by atoms with Gasteiger partial charge < -0.3 is 10.6 Å². The van der Waals surface area contributed by atoms with Crippen LogP contribution in [-0.4, -0.2) is 51.0 Å². The third-order valence-corrected chi connectivity index (χ3v) is 3.71. The second kappa shape index (κ2) is 9.73. The van der Waals surface area contributed by atoms with Crippen LogP contribution in [0.5, 0.6) is 0 Å². The van der Waals surface area contributed by atoms with Crippen molar-refractivity contribution in [3.63, 3.8) is 0 Å². The van der Waals surface area contributed by atoms with Gasteiger partial charge in [0.05, 0.1) is 12.3 Å². The molecular weight excluding hydrogens is 288 g/mol. The topological polar surface area (TPSA) is 84.7 Å². The van der Waals surface area contributed by atoms with Crippen molar-refractivity contribution in [1.82, 2.24) is 30.8 Å². The first kappa shape index (κ1) is 17.9. The van der Waals surface area contributed by atoms with Crippen molar-refractivity contribution in [2.75, 3.05) is 18.8 Å². The van der Waals surface area contributed by atoms with Crippen LogP contribution in [0.4, 0.5) is 0 Å². The fourth-order valence-electron chi connectivity index (χ4n) is 1.58. The Morgan fingerprint density at radius 2 is 2.05 bits per heavy atom. The van der Waals surface area contributed by atoms with E-state index in [1.54, 1.807) is 4.68 Å². The molecule has 1 rings (SSSR count). The molecule has 1 aromatic rings. The summed E-state index contributed by atoms with van der Waals surface area (Å²) in [6.07, 6.45) is 0.995. The third-order valence-electron chi connectivity index (χ3n) is 2.75. The van der Waals surface area contributed by atoms with Gasteiger partial charge in [-0.15, -0.1) is 5.10 Å². The second-order valence-corrected chi connectivity index (χ2v) is 6.56. The Morgan fingerprint density at radius 3 is 2.71 bits per heavy atom. The Hall–Kier alpha value is -1.15. The largest absolute Gasteiger partial charge is 0.355 e. The molecule has 8 heteroatoms. The number of rotatable bonds is 10. The van der Waals surface area contributed by atoms with Crippen LogP contribution in [0.15, 0.2) is 5.16 Å². The fraction of sp³-hybridized carbons (Fsp3) is 0.846. The summed E-state index contributed by atoms with van der Waals surface area (Å²) in [6, 6.07) is 0.435. The van der Waals surface area contributed by atoms with Crippen LogP contribution in [0.3, 0.4) is 0 Å². The van der Waals surface area contributed by atoms with Gasteiger partial charge in [-0.1, -0.05) is 39.5 Å². The van der Waals surface area contributed by atoms with E-state index in [1.165, 1.54) is 11.8 Å². The van der Waals surface area contributed by atoms with Crippen molar-refractivity contribution in [3.05, 3.63) is 0 Å². The summed E-state index contributed by atoms with van der Waals surface area (Å²) < 4.78 is 1.72. The predicted molar refractivity (Wildman–Crippen MR) is 84.1 cm³/mol. The molecule has 0 saturated carbocycles. The molecule has 2 N–H and O–H groups in total. The Bertz CT molecular complexity index is 421. The molecule has 1 heterocycles. The van der Waals surface area contributed by atoms with E-state index in [0.717, 1.165) is 19.5 Å². The molecule has 120 valence electrons. The van der Waals surface area contributed by atoms with Gasteiger partial charge in [0.25, 0.3) is 0 Å². The zero-order valence-corrected chi connectivity index (χ0v) is 14.1. The second-order valence-electron chi connectivity index (χ2n) is 5.61. The highest BCUT2D eigenvalue weighted by molar-refractivity contribution is 7.99. The molecular formula is C13H26N6OS. The first-order valence-electron chi connectivity index (χ1n) is 7.38. The highest BCUT2D eigenvalue weighted by atomic mass is 32.2. The van der Waals surface area contributed by atoms with Crippen LogP contribution < -0.4 is 10.6 Å². The average molecular weight is 314 g/mol. The summed E-state index contributed by atoms with van der Waals surface area (Å²) in [4.78, 5) is 11.7. The summed E-state index contributed by atoms with van der Waals surface area (Å²) in [5.74, 6) is 0.963. The fourth-order valence-corrected chi connectivity index (χ4v) is 2.31. The van der Waals surface area contributed by atoms with E-state index >= 15 is 0 Å². The zero-order valence-electron chi connectivity index (χ0n) is 13.3. The van der Waals surface area contributed by atoms with Crippen LogP contribution in [0, 0.1) is 5.92 Å². The summed E-state index contributed by atoms with van der Waals surface area (Å²) in [5.41, 5.74) is 0. The van der Waals surface area contributed by atoms with Crippen molar-refractivity contribution in [3.8, 4) is 0 Å². The van der Waals surface area contributed by atoms with Crippen molar-refractivity contribution >= 4 is 17.7 Å². The molecule has 0 saturated heterocycles. The molecule has 1 aromatic heterocycles. The molecule has 0 spiro atoms. The SMILES string of the molecule is CC(C)CCNC(=O)CSc1nnnn1CCNC(C)C. The molecule has 0 fully saturated rings. The van der Waals surface area contributed by atoms with Crippen molar-refractivity contribution in [1.29, 1.82) is 0 Å². The standard InChI is InChI=1S/C13H26N6OS/c1-10(2)5-6-15-12(20)9-21-13-16-17-18-19(13)8-7-14-11(3)4/h10-11,14H,5-9H2,1-4H3,(H,15,20). The van der Waals surface area contributed by atoms with E-state index < -0.39 is 0 Å². The highest BCUT2D eigenvalue weighted by Crippen LogP contribution is 2.12. The van der Waals surface area contributed by atoms with Crippen LogP contribution in [0.25, 0.3) is 0 Å². The minimum atomic E-state index is 0.0236. The molecule has 1 amide bonds. The summed E-state index contributed by atoms with van der Waals surface area (Å²) >= 11 is 1.37. The maximum absolute atomic E-state index is 11.7. The smallest absolute Gasteiger partial charge is 0.230 e. The van der Waals surface area contributed by atoms with Gasteiger partial charge >= 0.3 is 0 Å². The van der Waals surface area contributed by atoms with Gasteiger partial charge in [-0.05, 0) is 22.8 Å². The van der Waals surface area contributed by atoms with Gasteiger partial charge in [0.15, 0.2) is 0 Å². The van der Waals surface area contributed by atoms with Gasteiger partial charge in [-0.25, -0.2) is 4.68 Å². The average Bonchev–Trinajstić information content (AvgIpc) is 2.83. The van der Waals surface area contributed by atoms with Crippen molar-refractivity contribution in [2.24, 2.45) is 5.92 Å². The Morgan fingerprint density at radius 1 is 1.29 bits per heavy atom. The molecule has 7 nitrogen and oxygen atoms in total. The highest BCUT2D eigenvalue weighted by Gasteiger charge is 2.09. The molecule has 0 unspecified atom stereocenters. The number of tetrazole rings is 1. The van der Waals surface area contributed by atoms with Crippen molar-refractivity contribution in [2.45, 2.75) is 51.9 Å². The number of thioether (sulfide) groups is 1. The molecule has 0 aliphatic heterocycles.